The monoisotopic (exact) mass is 344 g/mol. The average molecular weight is 345 g/mol. The van der Waals surface area contributed by atoms with Crippen molar-refractivity contribution in [3.8, 4) is 5.69 Å². The van der Waals surface area contributed by atoms with Crippen LogP contribution in [0, 0.1) is 0 Å². The van der Waals surface area contributed by atoms with E-state index in [0.717, 1.165) is 23.0 Å². The van der Waals surface area contributed by atoms with E-state index >= 15 is 0 Å². The molecule has 0 aliphatic carbocycles. The molecule has 0 aliphatic heterocycles. The van der Waals surface area contributed by atoms with Crippen LogP contribution in [0.4, 0.5) is 13.2 Å². The van der Waals surface area contributed by atoms with Crippen LogP contribution < -0.4 is 0 Å². The van der Waals surface area contributed by atoms with Gasteiger partial charge in [-0.25, -0.2) is 4.68 Å². The zero-order valence-electron chi connectivity index (χ0n) is 11.0. The topological polar surface area (TPSA) is 17.8 Å². The summed E-state index contributed by atoms with van der Waals surface area (Å²) in [6, 6.07) is 10.0. The first-order chi connectivity index (χ1) is 10.4. The summed E-state index contributed by atoms with van der Waals surface area (Å²) in [7, 11) is 0. The van der Waals surface area contributed by atoms with Gasteiger partial charge in [-0.1, -0.05) is 11.6 Å². The van der Waals surface area contributed by atoms with Crippen LogP contribution in [0.25, 0.3) is 16.6 Å². The molecule has 0 saturated carbocycles. The van der Waals surface area contributed by atoms with Crippen molar-refractivity contribution in [1.82, 2.24) is 9.78 Å². The molecule has 0 aliphatic rings. The summed E-state index contributed by atoms with van der Waals surface area (Å²) < 4.78 is 39.4. The fraction of sp³-hybridized carbons (Fsp3) is 0.133. The Morgan fingerprint density at radius 2 is 1.73 bits per heavy atom. The van der Waals surface area contributed by atoms with Gasteiger partial charge in [-0.05, 0) is 42.5 Å². The lowest BCUT2D eigenvalue weighted by Gasteiger charge is -2.08. The highest BCUT2D eigenvalue weighted by Gasteiger charge is 2.30. The third kappa shape index (κ3) is 2.66. The van der Waals surface area contributed by atoms with Gasteiger partial charge in [0, 0.05) is 10.4 Å². The second-order valence-electron chi connectivity index (χ2n) is 4.70. The number of hydrogen-bond donors (Lipinski definition) is 0. The van der Waals surface area contributed by atoms with Gasteiger partial charge in [0.2, 0.25) is 0 Å². The molecule has 0 amide bonds. The summed E-state index contributed by atoms with van der Waals surface area (Å²) in [6.45, 7) is 0. The van der Waals surface area contributed by atoms with E-state index in [1.165, 1.54) is 12.1 Å². The number of hydrogen-bond acceptors (Lipinski definition) is 1. The van der Waals surface area contributed by atoms with Crippen molar-refractivity contribution < 1.29 is 13.2 Å². The summed E-state index contributed by atoms with van der Waals surface area (Å²) in [6.07, 6.45) is -4.36. The molecule has 0 radical (unpaired) electrons. The highest BCUT2D eigenvalue weighted by atomic mass is 35.5. The minimum Gasteiger partial charge on any atom is -0.233 e. The lowest BCUT2D eigenvalue weighted by Crippen LogP contribution is -2.05. The van der Waals surface area contributed by atoms with E-state index in [0.29, 0.717) is 16.4 Å². The smallest absolute Gasteiger partial charge is 0.233 e. The van der Waals surface area contributed by atoms with E-state index in [-0.39, 0.29) is 5.88 Å². The Morgan fingerprint density at radius 3 is 2.32 bits per heavy atom. The molecule has 3 rings (SSSR count). The van der Waals surface area contributed by atoms with Crippen LogP contribution in [0.2, 0.25) is 5.02 Å². The van der Waals surface area contributed by atoms with E-state index in [2.05, 4.69) is 5.10 Å². The molecule has 0 N–H and O–H groups in total. The third-order valence-electron chi connectivity index (χ3n) is 3.28. The van der Waals surface area contributed by atoms with Crippen molar-refractivity contribution in [2.45, 2.75) is 12.1 Å². The van der Waals surface area contributed by atoms with Crippen molar-refractivity contribution in [2.75, 3.05) is 0 Å². The standard InChI is InChI=1S/C15H9Cl2F3N2/c16-8-13-12-7-10(17)3-6-14(12)22(21-13)11-4-1-9(2-5-11)15(18,19)20/h1-7H,8H2. The summed E-state index contributed by atoms with van der Waals surface area (Å²) in [5, 5.41) is 5.68. The summed E-state index contributed by atoms with van der Waals surface area (Å²) >= 11 is 11.8. The largest absolute Gasteiger partial charge is 0.416 e. The Balaban J connectivity index is 2.14. The first-order valence-corrected chi connectivity index (χ1v) is 7.22. The summed E-state index contributed by atoms with van der Waals surface area (Å²) in [5.41, 5.74) is 1.18. The van der Waals surface area contributed by atoms with Gasteiger partial charge in [-0.15, -0.1) is 11.6 Å². The Bertz CT molecular complexity index is 823. The molecule has 0 saturated heterocycles. The second-order valence-corrected chi connectivity index (χ2v) is 5.40. The van der Waals surface area contributed by atoms with Crippen molar-refractivity contribution in [3.63, 3.8) is 0 Å². The Labute approximate surface area is 134 Å². The molecule has 0 unspecified atom stereocenters. The summed E-state index contributed by atoms with van der Waals surface area (Å²) in [5.74, 6) is 0.185. The highest BCUT2D eigenvalue weighted by Crippen LogP contribution is 2.31. The minimum atomic E-state index is -4.36. The molecular weight excluding hydrogens is 336 g/mol. The number of halogens is 5. The molecule has 2 aromatic carbocycles. The second kappa shape index (κ2) is 5.48. The van der Waals surface area contributed by atoms with Gasteiger partial charge in [0.05, 0.1) is 28.3 Å². The predicted octanol–water partition coefficient (Wildman–Crippen LogP) is 5.44. The van der Waals surface area contributed by atoms with Crippen molar-refractivity contribution in [2.24, 2.45) is 0 Å². The number of nitrogens with zero attached hydrogens (tertiary/aromatic N) is 2. The first-order valence-electron chi connectivity index (χ1n) is 6.31. The Morgan fingerprint density at radius 1 is 1.05 bits per heavy atom. The lowest BCUT2D eigenvalue weighted by atomic mass is 10.2. The van der Waals surface area contributed by atoms with Gasteiger partial charge < -0.3 is 0 Å². The van der Waals surface area contributed by atoms with Crippen LogP contribution in [0.3, 0.4) is 0 Å². The van der Waals surface area contributed by atoms with E-state index in [1.807, 2.05) is 0 Å². The molecule has 0 fully saturated rings. The van der Waals surface area contributed by atoms with Gasteiger partial charge in [0.25, 0.3) is 0 Å². The minimum absolute atomic E-state index is 0.185. The maximum Gasteiger partial charge on any atom is 0.416 e. The Hall–Kier alpha value is -1.72. The SMILES string of the molecule is FC(F)(F)c1ccc(-n2nc(CCl)c3cc(Cl)ccc32)cc1. The molecule has 7 heteroatoms. The summed E-state index contributed by atoms with van der Waals surface area (Å²) in [4.78, 5) is 0. The molecule has 0 spiro atoms. The van der Waals surface area contributed by atoms with Crippen LogP contribution in [-0.2, 0) is 12.1 Å². The van der Waals surface area contributed by atoms with E-state index in [1.54, 1.807) is 22.9 Å². The van der Waals surface area contributed by atoms with Crippen LogP contribution in [0.15, 0.2) is 42.5 Å². The van der Waals surface area contributed by atoms with Gasteiger partial charge in [0.15, 0.2) is 0 Å². The number of rotatable bonds is 2. The fourth-order valence-electron chi connectivity index (χ4n) is 2.24. The molecule has 1 heterocycles. The molecule has 0 bridgehead atoms. The molecule has 0 atom stereocenters. The van der Waals surface area contributed by atoms with Crippen LogP contribution >= 0.6 is 23.2 Å². The number of fused-ring (bicyclic) bond motifs is 1. The molecule has 114 valence electrons. The molecular formula is C15H9Cl2F3N2. The molecule has 3 aromatic rings. The molecule has 1 aromatic heterocycles. The molecule has 2 nitrogen and oxygen atoms in total. The maximum atomic E-state index is 12.6. The van der Waals surface area contributed by atoms with Crippen LogP contribution in [0.5, 0.6) is 0 Å². The van der Waals surface area contributed by atoms with Crippen molar-refractivity contribution >= 4 is 34.1 Å². The van der Waals surface area contributed by atoms with E-state index in [4.69, 9.17) is 23.2 Å². The van der Waals surface area contributed by atoms with Crippen molar-refractivity contribution in [1.29, 1.82) is 0 Å². The van der Waals surface area contributed by atoms with E-state index in [9.17, 15) is 13.2 Å². The zero-order chi connectivity index (χ0) is 15.9. The van der Waals surface area contributed by atoms with Crippen LogP contribution in [0.1, 0.15) is 11.3 Å². The average Bonchev–Trinajstić information content (AvgIpc) is 2.84. The van der Waals surface area contributed by atoms with Gasteiger partial charge in [-0.3, -0.25) is 0 Å². The molecule has 22 heavy (non-hydrogen) atoms. The maximum absolute atomic E-state index is 12.6. The van der Waals surface area contributed by atoms with Gasteiger partial charge in [-0.2, -0.15) is 18.3 Å². The van der Waals surface area contributed by atoms with Crippen LogP contribution in [-0.4, -0.2) is 9.78 Å². The highest BCUT2D eigenvalue weighted by molar-refractivity contribution is 6.31. The normalized spacial score (nSPS) is 12.0. The zero-order valence-corrected chi connectivity index (χ0v) is 12.5. The number of alkyl halides is 4. The number of aromatic nitrogens is 2. The number of benzene rings is 2. The Kier molecular flexibility index (Phi) is 3.78. The fourth-order valence-corrected chi connectivity index (χ4v) is 2.61. The third-order valence-corrected chi connectivity index (χ3v) is 3.77. The van der Waals surface area contributed by atoms with Crippen molar-refractivity contribution in [3.05, 3.63) is 58.7 Å². The van der Waals surface area contributed by atoms with Gasteiger partial charge in [0.1, 0.15) is 0 Å². The quantitative estimate of drug-likeness (QED) is 0.566. The lowest BCUT2D eigenvalue weighted by molar-refractivity contribution is -0.137. The van der Waals surface area contributed by atoms with Gasteiger partial charge >= 0.3 is 6.18 Å². The van der Waals surface area contributed by atoms with E-state index < -0.39 is 11.7 Å². The first kappa shape index (κ1) is 15.2. The predicted molar refractivity (Wildman–Crippen MR) is 80.6 cm³/mol.